The van der Waals surface area contributed by atoms with Crippen molar-refractivity contribution in [3.05, 3.63) is 35.7 Å². The molecule has 2 aromatic rings. The molecule has 2 saturated heterocycles. The molecule has 10 heteroatoms. The Kier molecular flexibility index (Phi) is 4.15. The van der Waals surface area contributed by atoms with Crippen LogP contribution in [-0.2, 0) is 17.1 Å². The van der Waals surface area contributed by atoms with Gasteiger partial charge in [0.15, 0.2) is 5.82 Å². The highest BCUT2D eigenvalue weighted by atomic mass is 32.2. The maximum absolute atomic E-state index is 12.8. The number of aromatic nitrogens is 3. The highest BCUT2D eigenvalue weighted by molar-refractivity contribution is 7.89. The Morgan fingerprint density at radius 1 is 1.37 bits per heavy atom. The number of nitrogens with zero attached hydrogens (tertiary/aromatic N) is 5. The maximum atomic E-state index is 12.8. The van der Waals surface area contributed by atoms with Gasteiger partial charge < -0.3 is 14.0 Å². The van der Waals surface area contributed by atoms with Crippen LogP contribution in [0.2, 0.25) is 0 Å². The van der Waals surface area contributed by atoms with Crippen LogP contribution in [0.1, 0.15) is 35.0 Å². The Balaban J connectivity index is 1.60. The number of carbonyl (C=O) groups is 1. The van der Waals surface area contributed by atoms with E-state index in [2.05, 4.69) is 10.1 Å². The zero-order chi connectivity index (χ0) is 19.4. The van der Waals surface area contributed by atoms with Gasteiger partial charge in [0.2, 0.25) is 15.9 Å². The number of likely N-dealkylation sites (tertiary alicyclic amines) is 1. The number of aryl methyl sites for hydroxylation is 2. The number of carbonyl (C=O) groups excluding carboxylic acids is 1. The molecule has 9 nitrogen and oxygen atoms in total. The molecule has 2 aliphatic rings. The lowest BCUT2D eigenvalue weighted by atomic mass is 9.71. The van der Waals surface area contributed by atoms with Crippen LogP contribution >= 0.6 is 0 Å². The molecular weight excluding hydrogens is 370 g/mol. The van der Waals surface area contributed by atoms with Crippen LogP contribution in [0, 0.1) is 12.3 Å². The monoisotopic (exact) mass is 393 g/mol. The molecular formula is C17H23N5O4S. The lowest BCUT2D eigenvalue weighted by molar-refractivity contribution is 0.000619. The van der Waals surface area contributed by atoms with Crippen molar-refractivity contribution >= 4 is 15.9 Å². The molecule has 27 heavy (non-hydrogen) atoms. The summed E-state index contributed by atoms with van der Waals surface area (Å²) in [5, 5.41) is 3.86. The van der Waals surface area contributed by atoms with Crippen molar-refractivity contribution in [1.82, 2.24) is 23.9 Å². The van der Waals surface area contributed by atoms with Crippen LogP contribution in [0.3, 0.4) is 0 Å². The molecule has 0 N–H and O–H groups in total. The fraction of sp³-hybridized carbons (Fsp3) is 0.588. The first-order chi connectivity index (χ1) is 12.8. The number of sulfonamides is 1. The predicted octanol–water partition coefficient (Wildman–Crippen LogP) is 0.608. The Labute approximate surface area is 158 Å². The molecule has 2 aliphatic heterocycles. The number of hydrogen-bond donors (Lipinski definition) is 0. The summed E-state index contributed by atoms with van der Waals surface area (Å²) >= 11 is 0. The van der Waals surface area contributed by atoms with E-state index in [1.165, 1.54) is 4.31 Å². The maximum Gasteiger partial charge on any atom is 0.270 e. The van der Waals surface area contributed by atoms with E-state index >= 15 is 0 Å². The van der Waals surface area contributed by atoms with E-state index in [1.54, 1.807) is 29.4 Å². The summed E-state index contributed by atoms with van der Waals surface area (Å²) in [7, 11) is -1.50. The molecule has 1 spiro atoms. The first-order valence-corrected chi connectivity index (χ1v) is 10.6. The summed E-state index contributed by atoms with van der Waals surface area (Å²) in [5.41, 5.74) is 0.230. The van der Waals surface area contributed by atoms with E-state index in [0.717, 1.165) is 0 Å². The van der Waals surface area contributed by atoms with Crippen molar-refractivity contribution in [3.8, 4) is 0 Å². The van der Waals surface area contributed by atoms with Gasteiger partial charge in [0.25, 0.3) is 5.91 Å². The lowest BCUT2D eigenvalue weighted by Gasteiger charge is -2.50. The third kappa shape index (κ3) is 2.87. The van der Waals surface area contributed by atoms with Gasteiger partial charge in [0.1, 0.15) is 5.69 Å². The molecule has 2 aromatic heterocycles. The molecule has 1 unspecified atom stereocenters. The first-order valence-electron chi connectivity index (χ1n) is 8.94. The minimum atomic E-state index is -3.33. The van der Waals surface area contributed by atoms with Crippen LogP contribution < -0.4 is 0 Å². The van der Waals surface area contributed by atoms with Crippen molar-refractivity contribution in [1.29, 1.82) is 0 Å². The van der Waals surface area contributed by atoms with Crippen LogP contribution in [0.25, 0.3) is 0 Å². The molecule has 1 atom stereocenters. The normalized spacial score (nSPS) is 22.3. The fourth-order valence-corrected chi connectivity index (χ4v) is 5.33. The Bertz CT molecular complexity index is 973. The molecule has 0 bridgehead atoms. The fourth-order valence-electron chi connectivity index (χ4n) is 4.14. The van der Waals surface area contributed by atoms with Gasteiger partial charge in [-0.1, -0.05) is 5.16 Å². The SMILES string of the molecule is CCS(=O)(=O)N1CC(c2nc(C)no2)C2(CN(C(=O)c3cccn3C)C2)C1. The second kappa shape index (κ2) is 6.16. The molecule has 0 radical (unpaired) electrons. The Morgan fingerprint density at radius 2 is 2.11 bits per heavy atom. The van der Waals surface area contributed by atoms with Crippen molar-refractivity contribution < 1.29 is 17.7 Å². The molecule has 1 amide bonds. The standard InChI is InChI=1S/C17H23N5O4S/c1-4-27(24,25)22-8-13(15-18-12(2)19-26-15)17(11-22)9-21(10-17)16(23)14-6-5-7-20(14)3/h5-7,13H,4,8-11H2,1-3H3. The molecule has 4 heterocycles. The summed E-state index contributed by atoms with van der Waals surface area (Å²) in [6, 6.07) is 3.62. The molecule has 0 aliphatic carbocycles. The lowest BCUT2D eigenvalue weighted by Crippen LogP contribution is -2.61. The van der Waals surface area contributed by atoms with E-state index in [4.69, 9.17) is 4.52 Å². The topological polar surface area (TPSA) is 102 Å². The summed E-state index contributed by atoms with van der Waals surface area (Å²) in [4.78, 5) is 18.8. The zero-order valence-electron chi connectivity index (χ0n) is 15.6. The van der Waals surface area contributed by atoms with Crippen molar-refractivity contribution in [2.45, 2.75) is 19.8 Å². The number of rotatable bonds is 4. The number of hydrogen-bond acceptors (Lipinski definition) is 6. The molecule has 2 fully saturated rings. The molecule has 4 rings (SSSR count). The second-order valence-corrected chi connectivity index (χ2v) is 9.71. The van der Waals surface area contributed by atoms with E-state index in [-0.39, 0.29) is 23.0 Å². The van der Waals surface area contributed by atoms with Crippen LogP contribution in [-0.4, -0.2) is 70.2 Å². The minimum absolute atomic E-state index is 0.0463. The minimum Gasteiger partial charge on any atom is -0.347 e. The third-order valence-corrected chi connectivity index (χ3v) is 7.47. The van der Waals surface area contributed by atoms with Gasteiger partial charge in [0, 0.05) is 44.8 Å². The van der Waals surface area contributed by atoms with E-state index in [9.17, 15) is 13.2 Å². The van der Waals surface area contributed by atoms with Gasteiger partial charge >= 0.3 is 0 Å². The van der Waals surface area contributed by atoms with Gasteiger partial charge in [-0.2, -0.15) is 4.98 Å². The Morgan fingerprint density at radius 3 is 2.67 bits per heavy atom. The average Bonchev–Trinajstić information content (AvgIpc) is 3.30. The Hall–Kier alpha value is -2.20. The van der Waals surface area contributed by atoms with Gasteiger partial charge in [-0.05, 0) is 26.0 Å². The van der Waals surface area contributed by atoms with E-state index in [0.29, 0.717) is 43.6 Å². The predicted molar refractivity (Wildman–Crippen MR) is 96.6 cm³/mol. The second-order valence-electron chi connectivity index (χ2n) is 7.45. The van der Waals surface area contributed by atoms with Gasteiger partial charge in [-0.15, -0.1) is 0 Å². The largest absolute Gasteiger partial charge is 0.347 e. The van der Waals surface area contributed by atoms with E-state index < -0.39 is 10.0 Å². The summed E-state index contributed by atoms with van der Waals surface area (Å²) < 4.78 is 33.5. The van der Waals surface area contributed by atoms with E-state index in [1.807, 2.05) is 19.3 Å². The van der Waals surface area contributed by atoms with Crippen LogP contribution in [0.5, 0.6) is 0 Å². The first kappa shape index (κ1) is 18.2. The quantitative estimate of drug-likeness (QED) is 0.754. The van der Waals surface area contributed by atoms with Gasteiger partial charge in [0.05, 0.1) is 11.7 Å². The van der Waals surface area contributed by atoms with Crippen LogP contribution in [0.15, 0.2) is 22.9 Å². The molecule has 146 valence electrons. The van der Waals surface area contributed by atoms with Crippen molar-refractivity contribution in [3.63, 3.8) is 0 Å². The average molecular weight is 393 g/mol. The highest BCUT2D eigenvalue weighted by Crippen LogP contribution is 2.49. The third-order valence-electron chi connectivity index (χ3n) is 5.68. The van der Waals surface area contributed by atoms with Gasteiger partial charge in [-0.25, -0.2) is 12.7 Å². The van der Waals surface area contributed by atoms with Crippen molar-refractivity contribution in [2.75, 3.05) is 31.9 Å². The van der Waals surface area contributed by atoms with Gasteiger partial charge in [-0.3, -0.25) is 4.79 Å². The van der Waals surface area contributed by atoms with Crippen molar-refractivity contribution in [2.24, 2.45) is 12.5 Å². The summed E-state index contributed by atoms with van der Waals surface area (Å²) in [5.74, 6) is 0.758. The summed E-state index contributed by atoms with van der Waals surface area (Å²) in [6.45, 7) is 4.99. The smallest absolute Gasteiger partial charge is 0.270 e. The number of amides is 1. The molecule has 0 saturated carbocycles. The van der Waals surface area contributed by atoms with Crippen LogP contribution in [0.4, 0.5) is 0 Å². The zero-order valence-corrected chi connectivity index (χ0v) is 16.4. The highest BCUT2D eigenvalue weighted by Gasteiger charge is 2.59. The molecule has 0 aromatic carbocycles. The summed E-state index contributed by atoms with van der Waals surface area (Å²) in [6.07, 6.45) is 1.83.